The third-order valence-electron chi connectivity index (χ3n) is 2.43. The zero-order valence-electron chi connectivity index (χ0n) is 9.01. The van der Waals surface area contributed by atoms with Gasteiger partial charge in [0.2, 0.25) is 0 Å². The Balaban J connectivity index is 2.66. The van der Waals surface area contributed by atoms with Crippen molar-refractivity contribution in [2.75, 3.05) is 0 Å². The maximum Gasteiger partial charge on any atom is 0.354 e. The molecule has 2 rings (SSSR count). The first kappa shape index (κ1) is 10.4. The molecule has 5 nitrogen and oxygen atoms in total. The summed E-state index contributed by atoms with van der Waals surface area (Å²) in [7, 11) is 1.68. The summed E-state index contributed by atoms with van der Waals surface area (Å²) in [6, 6.07) is 5.33. The third-order valence-corrected chi connectivity index (χ3v) is 2.43. The van der Waals surface area contributed by atoms with Crippen LogP contribution in [0.5, 0.6) is 0 Å². The Morgan fingerprint density at radius 2 is 2.19 bits per heavy atom. The topological polar surface area (TPSA) is 68.0 Å². The Labute approximate surface area is 92.4 Å². The second-order valence-electron chi connectivity index (χ2n) is 3.44. The maximum atomic E-state index is 11.1. The van der Waals surface area contributed by atoms with Gasteiger partial charge in [0, 0.05) is 13.2 Å². The van der Waals surface area contributed by atoms with E-state index in [2.05, 4.69) is 9.97 Å². The van der Waals surface area contributed by atoms with E-state index in [4.69, 9.17) is 5.11 Å². The summed E-state index contributed by atoms with van der Waals surface area (Å²) in [5.41, 5.74) is 1.15. The molecule has 0 aliphatic carbocycles. The summed E-state index contributed by atoms with van der Waals surface area (Å²) >= 11 is 0. The van der Waals surface area contributed by atoms with Gasteiger partial charge in [-0.3, -0.25) is 4.98 Å². The molecule has 1 N–H and O–H groups in total. The minimum atomic E-state index is -0.997. The summed E-state index contributed by atoms with van der Waals surface area (Å²) in [5, 5.41) is 9.13. The van der Waals surface area contributed by atoms with Gasteiger partial charge in [0.05, 0.1) is 5.69 Å². The predicted octanol–water partition coefficient (Wildman–Crippen LogP) is 1.49. The standard InChI is InChI=1S/C11H11N3O2/c1-7-13-9(8-5-3-4-6-12-8)10(11(15)16)14(7)2/h3-6H,1-2H3,(H,15,16). The van der Waals surface area contributed by atoms with Gasteiger partial charge in [-0.25, -0.2) is 9.78 Å². The van der Waals surface area contributed by atoms with Crippen molar-refractivity contribution in [2.24, 2.45) is 7.05 Å². The summed E-state index contributed by atoms with van der Waals surface area (Å²) in [6.07, 6.45) is 1.62. The molecule has 0 aromatic carbocycles. The largest absolute Gasteiger partial charge is 0.477 e. The number of hydrogen-bond acceptors (Lipinski definition) is 3. The van der Waals surface area contributed by atoms with Crippen LogP contribution in [0, 0.1) is 6.92 Å². The highest BCUT2D eigenvalue weighted by Gasteiger charge is 2.20. The van der Waals surface area contributed by atoms with E-state index >= 15 is 0 Å². The van der Waals surface area contributed by atoms with Gasteiger partial charge < -0.3 is 9.67 Å². The molecule has 0 spiro atoms. The molecule has 0 saturated carbocycles. The summed E-state index contributed by atoms with van der Waals surface area (Å²) in [4.78, 5) is 19.5. The lowest BCUT2D eigenvalue weighted by Gasteiger charge is -2.00. The van der Waals surface area contributed by atoms with Crippen LogP contribution in [0.25, 0.3) is 11.4 Å². The second-order valence-corrected chi connectivity index (χ2v) is 3.44. The fraction of sp³-hybridized carbons (Fsp3) is 0.182. The number of hydrogen-bond donors (Lipinski definition) is 1. The average Bonchev–Trinajstić information content (AvgIpc) is 2.57. The number of aryl methyl sites for hydroxylation is 1. The van der Waals surface area contributed by atoms with Crippen molar-refractivity contribution in [3.8, 4) is 11.4 Å². The molecule has 16 heavy (non-hydrogen) atoms. The zero-order chi connectivity index (χ0) is 11.7. The summed E-state index contributed by atoms with van der Waals surface area (Å²) in [5.74, 6) is -0.346. The van der Waals surface area contributed by atoms with Gasteiger partial charge in [-0.15, -0.1) is 0 Å². The number of imidazole rings is 1. The van der Waals surface area contributed by atoms with E-state index in [-0.39, 0.29) is 5.69 Å². The van der Waals surface area contributed by atoms with Crippen LogP contribution in [0.1, 0.15) is 16.3 Å². The molecule has 0 unspecified atom stereocenters. The van der Waals surface area contributed by atoms with Crippen LogP contribution in [-0.2, 0) is 7.05 Å². The fourth-order valence-electron chi connectivity index (χ4n) is 1.54. The Hall–Kier alpha value is -2.17. The van der Waals surface area contributed by atoms with Crippen molar-refractivity contribution in [3.63, 3.8) is 0 Å². The van der Waals surface area contributed by atoms with E-state index in [0.29, 0.717) is 17.2 Å². The van der Waals surface area contributed by atoms with E-state index in [9.17, 15) is 4.79 Å². The van der Waals surface area contributed by atoms with Gasteiger partial charge in [-0.05, 0) is 19.1 Å². The maximum absolute atomic E-state index is 11.1. The van der Waals surface area contributed by atoms with Gasteiger partial charge in [0.25, 0.3) is 0 Å². The monoisotopic (exact) mass is 217 g/mol. The molecule has 0 fully saturated rings. The molecule has 0 aliphatic heterocycles. The predicted molar refractivity (Wildman–Crippen MR) is 58.1 cm³/mol. The van der Waals surface area contributed by atoms with Gasteiger partial charge in [0.1, 0.15) is 11.5 Å². The van der Waals surface area contributed by atoms with Crippen LogP contribution in [0.2, 0.25) is 0 Å². The van der Waals surface area contributed by atoms with Crippen LogP contribution in [0.15, 0.2) is 24.4 Å². The lowest BCUT2D eigenvalue weighted by atomic mass is 10.2. The zero-order valence-corrected chi connectivity index (χ0v) is 9.01. The molecule has 0 aliphatic rings. The van der Waals surface area contributed by atoms with Crippen LogP contribution in [-0.4, -0.2) is 25.6 Å². The van der Waals surface area contributed by atoms with E-state index in [0.717, 1.165) is 0 Å². The van der Waals surface area contributed by atoms with E-state index in [1.54, 1.807) is 42.9 Å². The van der Waals surface area contributed by atoms with E-state index in [1.807, 2.05) is 0 Å². The van der Waals surface area contributed by atoms with E-state index in [1.165, 1.54) is 0 Å². The normalized spacial score (nSPS) is 10.4. The van der Waals surface area contributed by atoms with Gasteiger partial charge in [-0.1, -0.05) is 6.07 Å². The van der Waals surface area contributed by atoms with Crippen molar-refractivity contribution >= 4 is 5.97 Å². The molecule has 2 aromatic rings. The Bertz CT molecular complexity index is 532. The SMILES string of the molecule is Cc1nc(-c2ccccn2)c(C(=O)O)n1C. The number of aromatic carboxylic acids is 1. The van der Waals surface area contributed by atoms with Crippen LogP contribution < -0.4 is 0 Å². The quantitative estimate of drug-likeness (QED) is 0.827. The molecule has 0 bridgehead atoms. The number of carboxylic acid groups (broad SMARTS) is 1. The number of pyridine rings is 1. The second kappa shape index (κ2) is 3.77. The van der Waals surface area contributed by atoms with E-state index < -0.39 is 5.97 Å². The Morgan fingerprint density at radius 1 is 1.44 bits per heavy atom. The molecule has 0 saturated heterocycles. The highest BCUT2D eigenvalue weighted by atomic mass is 16.4. The van der Waals surface area contributed by atoms with Crippen LogP contribution in [0.4, 0.5) is 0 Å². The first-order chi connectivity index (χ1) is 7.61. The molecular weight excluding hydrogens is 206 g/mol. The van der Waals surface area contributed by atoms with Crippen molar-refractivity contribution in [3.05, 3.63) is 35.9 Å². The van der Waals surface area contributed by atoms with Gasteiger partial charge >= 0.3 is 5.97 Å². The number of aromatic nitrogens is 3. The Kier molecular flexibility index (Phi) is 2.44. The molecule has 0 radical (unpaired) electrons. The van der Waals surface area contributed by atoms with Crippen molar-refractivity contribution in [1.29, 1.82) is 0 Å². The first-order valence-corrected chi connectivity index (χ1v) is 4.79. The van der Waals surface area contributed by atoms with Crippen LogP contribution >= 0.6 is 0 Å². The summed E-state index contributed by atoms with van der Waals surface area (Å²) in [6.45, 7) is 1.76. The smallest absolute Gasteiger partial charge is 0.354 e. The highest BCUT2D eigenvalue weighted by molar-refractivity contribution is 5.92. The van der Waals surface area contributed by atoms with Crippen molar-refractivity contribution in [1.82, 2.24) is 14.5 Å². The first-order valence-electron chi connectivity index (χ1n) is 4.79. The number of carbonyl (C=O) groups is 1. The molecular formula is C11H11N3O2. The number of rotatable bonds is 2. The average molecular weight is 217 g/mol. The van der Waals surface area contributed by atoms with Crippen molar-refractivity contribution < 1.29 is 9.90 Å². The third kappa shape index (κ3) is 1.56. The van der Waals surface area contributed by atoms with Gasteiger partial charge in [0.15, 0.2) is 5.69 Å². The van der Waals surface area contributed by atoms with Gasteiger partial charge in [-0.2, -0.15) is 0 Å². The fourth-order valence-corrected chi connectivity index (χ4v) is 1.54. The lowest BCUT2D eigenvalue weighted by molar-refractivity contribution is 0.0687. The minimum absolute atomic E-state index is 0.163. The number of carboxylic acids is 1. The van der Waals surface area contributed by atoms with Crippen molar-refractivity contribution in [2.45, 2.75) is 6.92 Å². The molecule has 2 heterocycles. The molecule has 2 aromatic heterocycles. The lowest BCUT2D eigenvalue weighted by Crippen LogP contribution is -2.07. The molecule has 5 heteroatoms. The van der Waals surface area contributed by atoms with Crippen LogP contribution in [0.3, 0.4) is 0 Å². The molecule has 0 amide bonds. The number of nitrogens with zero attached hydrogens (tertiary/aromatic N) is 3. The summed E-state index contributed by atoms with van der Waals surface area (Å²) < 4.78 is 1.55. The highest BCUT2D eigenvalue weighted by Crippen LogP contribution is 2.21. The molecule has 82 valence electrons. The minimum Gasteiger partial charge on any atom is -0.477 e. The molecule has 0 atom stereocenters. The Morgan fingerprint density at radius 3 is 2.75 bits per heavy atom.